The lowest BCUT2D eigenvalue weighted by Gasteiger charge is -2.29. The topological polar surface area (TPSA) is 66.5 Å². The number of sulfonamides is 1. The van der Waals surface area contributed by atoms with Gasteiger partial charge in [-0.1, -0.05) is 29.8 Å². The highest BCUT2D eigenvalue weighted by atomic mass is 35.5. The molecule has 5 nitrogen and oxygen atoms in total. The van der Waals surface area contributed by atoms with Crippen molar-refractivity contribution in [3.63, 3.8) is 0 Å². The van der Waals surface area contributed by atoms with Crippen molar-refractivity contribution in [3.05, 3.63) is 64.4 Å². The predicted octanol–water partition coefficient (Wildman–Crippen LogP) is 3.80. The van der Waals surface area contributed by atoms with E-state index >= 15 is 0 Å². The van der Waals surface area contributed by atoms with E-state index in [1.807, 2.05) is 4.90 Å². The Morgan fingerprint density at radius 2 is 1.82 bits per heavy atom. The summed E-state index contributed by atoms with van der Waals surface area (Å²) in [6, 6.07) is 9.70. The number of hydrogen-bond donors (Lipinski definition) is 1. The van der Waals surface area contributed by atoms with Gasteiger partial charge in [0.15, 0.2) is 5.78 Å². The van der Waals surface area contributed by atoms with Gasteiger partial charge in [0.05, 0.1) is 10.9 Å². The highest BCUT2D eigenvalue weighted by molar-refractivity contribution is 7.89. The second kappa shape index (κ2) is 8.69. The van der Waals surface area contributed by atoms with E-state index in [4.69, 9.17) is 11.6 Å². The molecule has 8 heteroatoms. The quantitative estimate of drug-likeness (QED) is 0.686. The van der Waals surface area contributed by atoms with Crippen molar-refractivity contribution in [1.29, 1.82) is 0 Å². The second-order valence-corrected chi connectivity index (χ2v) is 9.00. The molecular formula is C20H22ClFN2O3S. The first-order valence-electron chi connectivity index (χ1n) is 9.08. The maximum Gasteiger partial charge on any atom is 0.240 e. The molecular weight excluding hydrogens is 403 g/mol. The third-order valence-electron chi connectivity index (χ3n) is 4.95. The molecule has 1 aliphatic heterocycles. The molecule has 1 fully saturated rings. The summed E-state index contributed by atoms with van der Waals surface area (Å²) in [6.45, 7) is 2.92. The minimum Gasteiger partial charge on any atom is -0.295 e. The lowest BCUT2D eigenvalue weighted by molar-refractivity contribution is 0.101. The minimum absolute atomic E-state index is 0.00253. The number of rotatable bonds is 7. The molecule has 1 N–H and O–H groups in total. The smallest absolute Gasteiger partial charge is 0.240 e. The van der Waals surface area contributed by atoms with E-state index in [1.165, 1.54) is 43.3 Å². The largest absolute Gasteiger partial charge is 0.295 e. The summed E-state index contributed by atoms with van der Waals surface area (Å²) in [5, 5.41) is 0.280. The highest BCUT2D eigenvalue weighted by Gasteiger charge is 2.29. The molecule has 1 heterocycles. The Morgan fingerprint density at radius 1 is 1.18 bits per heavy atom. The van der Waals surface area contributed by atoms with Crippen LogP contribution in [-0.4, -0.2) is 38.7 Å². The fraction of sp³-hybridized carbons (Fsp3) is 0.350. The van der Waals surface area contributed by atoms with Crippen LogP contribution in [-0.2, 0) is 10.0 Å². The molecule has 1 aliphatic rings. The Kier molecular flexibility index (Phi) is 6.50. The summed E-state index contributed by atoms with van der Waals surface area (Å²) >= 11 is 6.24. The molecule has 0 bridgehead atoms. The molecule has 2 aromatic carbocycles. The Labute approximate surface area is 169 Å². The number of carbonyl (C=O) groups excluding carboxylic acids is 1. The minimum atomic E-state index is -3.81. The maximum atomic E-state index is 14.5. The molecule has 0 spiro atoms. The lowest BCUT2D eigenvalue weighted by Crippen LogP contribution is -2.37. The van der Waals surface area contributed by atoms with Gasteiger partial charge in [-0.25, -0.2) is 17.5 Å². The molecule has 0 radical (unpaired) electrons. The molecule has 0 aliphatic carbocycles. The average molecular weight is 425 g/mol. The number of carbonyl (C=O) groups is 1. The molecule has 0 aromatic heterocycles. The average Bonchev–Trinajstić information content (AvgIpc) is 3.18. The maximum absolute atomic E-state index is 14.5. The van der Waals surface area contributed by atoms with Crippen LogP contribution >= 0.6 is 11.6 Å². The van der Waals surface area contributed by atoms with Crippen LogP contribution in [0.1, 0.15) is 41.7 Å². The normalized spacial score (nSPS) is 16.2. The number of Topliss-reactive ketones (excluding diaryl/α,β-unsaturated/α-hetero) is 1. The van der Waals surface area contributed by atoms with Gasteiger partial charge >= 0.3 is 0 Å². The Hall–Kier alpha value is -1.80. The van der Waals surface area contributed by atoms with Gasteiger partial charge in [-0.3, -0.25) is 9.69 Å². The van der Waals surface area contributed by atoms with Gasteiger partial charge in [0, 0.05) is 22.7 Å². The molecule has 1 unspecified atom stereocenters. The van der Waals surface area contributed by atoms with Crippen LogP contribution in [0.15, 0.2) is 47.4 Å². The Morgan fingerprint density at radius 3 is 2.39 bits per heavy atom. The Bertz CT molecular complexity index is 938. The number of halogens is 2. The molecule has 2 aromatic rings. The SMILES string of the molecule is CC(=O)c1ccc(S(=O)(=O)NCC(c2c(F)cccc2Cl)N2CCCC2)cc1. The van der Waals surface area contributed by atoms with Crippen LogP contribution < -0.4 is 4.72 Å². The fourth-order valence-corrected chi connectivity index (χ4v) is 4.76. The number of benzene rings is 2. The number of likely N-dealkylation sites (tertiary alicyclic amines) is 1. The zero-order chi connectivity index (χ0) is 20.3. The van der Waals surface area contributed by atoms with Gasteiger partial charge in [-0.05, 0) is 57.1 Å². The van der Waals surface area contributed by atoms with Crippen molar-refractivity contribution in [3.8, 4) is 0 Å². The Balaban J connectivity index is 1.84. The van der Waals surface area contributed by atoms with Gasteiger partial charge in [0.25, 0.3) is 0 Å². The van der Waals surface area contributed by atoms with Gasteiger partial charge in [0.1, 0.15) is 5.82 Å². The summed E-state index contributed by atoms with van der Waals surface area (Å²) < 4.78 is 42.5. The van der Waals surface area contributed by atoms with Crippen molar-refractivity contribution in [2.24, 2.45) is 0 Å². The second-order valence-electron chi connectivity index (χ2n) is 6.83. The number of nitrogens with zero attached hydrogens (tertiary/aromatic N) is 1. The highest BCUT2D eigenvalue weighted by Crippen LogP contribution is 2.32. The van der Waals surface area contributed by atoms with E-state index in [9.17, 15) is 17.6 Å². The van der Waals surface area contributed by atoms with E-state index in [1.54, 1.807) is 6.07 Å². The molecule has 150 valence electrons. The summed E-state index contributed by atoms with van der Waals surface area (Å²) in [6.07, 6.45) is 1.95. The molecule has 28 heavy (non-hydrogen) atoms. The number of nitrogens with one attached hydrogen (secondary N) is 1. The summed E-state index contributed by atoms with van der Waals surface area (Å²) in [5.41, 5.74) is 0.743. The fourth-order valence-electron chi connectivity index (χ4n) is 3.44. The number of hydrogen-bond acceptors (Lipinski definition) is 4. The molecule has 0 saturated carbocycles. The monoisotopic (exact) mass is 424 g/mol. The number of ketones is 1. The summed E-state index contributed by atoms with van der Waals surface area (Å²) in [7, 11) is -3.81. The molecule has 1 atom stereocenters. The van der Waals surface area contributed by atoms with Crippen LogP contribution in [0, 0.1) is 5.82 Å². The molecule has 3 rings (SSSR count). The standard InChI is InChI=1S/C20H22ClFN2O3S/c1-14(25)15-7-9-16(10-8-15)28(26,27)23-13-19(24-11-2-3-12-24)20-17(21)5-4-6-18(20)22/h4-10,19,23H,2-3,11-13H2,1H3. The van der Waals surface area contributed by atoms with Crippen LogP contribution in [0.3, 0.4) is 0 Å². The third kappa shape index (κ3) is 4.60. The zero-order valence-corrected chi connectivity index (χ0v) is 17.1. The van der Waals surface area contributed by atoms with E-state index in [2.05, 4.69) is 4.72 Å². The van der Waals surface area contributed by atoms with Gasteiger partial charge in [-0.2, -0.15) is 0 Å². The van der Waals surface area contributed by atoms with Crippen molar-refractivity contribution in [1.82, 2.24) is 9.62 Å². The third-order valence-corrected chi connectivity index (χ3v) is 6.72. The van der Waals surface area contributed by atoms with Crippen molar-refractivity contribution < 1.29 is 17.6 Å². The van der Waals surface area contributed by atoms with E-state index in [-0.39, 0.29) is 22.2 Å². The van der Waals surface area contributed by atoms with Crippen LogP contribution in [0.25, 0.3) is 0 Å². The van der Waals surface area contributed by atoms with Crippen LogP contribution in [0.4, 0.5) is 4.39 Å². The summed E-state index contributed by atoms with van der Waals surface area (Å²) in [5.74, 6) is -0.588. The van der Waals surface area contributed by atoms with Gasteiger partial charge in [0.2, 0.25) is 10.0 Å². The summed E-state index contributed by atoms with van der Waals surface area (Å²) in [4.78, 5) is 13.5. The lowest BCUT2D eigenvalue weighted by atomic mass is 10.0. The first kappa shape index (κ1) is 20.9. The van der Waals surface area contributed by atoms with Gasteiger partial charge in [-0.15, -0.1) is 0 Å². The molecule has 0 amide bonds. The van der Waals surface area contributed by atoms with E-state index in [0.29, 0.717) is 11.1 Å². The van der Waals surface area contributed by atoms with Crippen molar-refractivity contribution in [2.75, 3.05) is 19.6 Å². The van der Waals surface area contributed by atoms with Crippen LogP contribution in [0.5, 0.6) is 0 Å². The van der Waals surface area contributed by atoms with E-state index in [0.717, 1.165) is 25.9 Å². The van der Waals surface area contributed by atoms with Crippen molar-refractivity contribution in [2.45, 2.75) is 30.7 Å². The van der Waals surface area contributed by atoms with Gasteiger partial charge < -0.3 is 0 Å². The molecule has 1 saturated heterocycles. The first-order chi connectivity index (χ1) is 13.3. The van der Waals surface area contributed by atoms with E-state index < -0.39 is 21.9 Å². The predicted molar refractivity (Wildman–Crippen MR) is 107 cm³/mol. The zero-order valence-electron chi connectivity index (χ0n) is 15.5. The van der Waals surface area contributed by atoms with Crippen molar-refractivity contribution >= 4 is 27.4 Å². The first-order valence-corrected chi connectivity index (χ1v) is 10.9. The van der Waals surface area contributed by atoms with Crippen LogP contribution in [0.2, 0.25) is 5.02 Å².